The molecule has 2 unspecified atom stereocenters. The Morgan fingerprint density at radius 1 is 0.718 bits per heavy atom. The summed E-state index contributed by atoms with van der Waals surface area (Å²) in [4.78, 5) is 162. The third-order valence-corrected chi connectivity index (χ3v) is 12.9. The molecular formula is C41H63N13O15S2. The van der Waals surface area contributed by atoms with Crippen molar-refractivity contribution in [3.63, 3.8) is 0 Å². The van der Waals surface area contributed by atoms with Crippen molar-refractivity contribution in [2.24, 2.45) is 22.2 Å². The number of aliphatic carboxylic acids is 3. The second kappa shape index (κ2) is 32.1. The molecule has 0 aromatic rings. The molecule has 2 aliphatic rings. The van der Waals surface area contributed by atoms with Crippen molar-refractivity contribution in [1.29, 1.82) is 0 Å². The maximum atomic E-state index is 13.8. The lowest BCUT2D eigenvalue weighted by molar-refractivity contribution is -0.144. The van der Waals surface area contributed by atoms with E-state index in [0.29, 0.717) is 6.42 Å². The van der Waals surface area contributed by atoms with Gasteiger partial charge < -0.3 is 80.0 Å². The summed E-state index contributed by atoms with van der Waals surface area (Å²) >= 11 is 0. The van der Waals surface area contributed by atoms with E-state index in [1.165, 1.54) is 0 Å². The van der Waals surface area contributed by atoms with Crippen LogP contribution in [0.3, 0.4) is 0 Å². The predicted octanol–water partition coefficient (Wildman–Crippen LogP) is -5.47. The Labute approximate surface area is 415 Å². The molecule has 2 saturated heterocycles. The molecule has 0 bridgehead atoms. The van der Waals surface area contributed by atoms with Crippen LogP contribution in [0.2, 0.25) is 0 Å². The summed E-state index contributed by atoms with van der Waals surface area (Å²) in [5.74, 6) is -11.7. The second-order valence-electron chi connectivity index (χ2n) is 16.1. The lowest BCUT2D eigenvalue weighted by Gasteiger charge is -2.27. The number of guanidine groups is 1. The molecule has 0 aromatic heterocycles. The molecule has 0 radical (unpaired) electrons. The van der Waals surface area contributed by atoms with Gasteiger partial charge in [0, 0.05) is 37.4 Å². The number of carboxylic acids is 3. The van der Waals surface area contributed by atoms with E-state index in [1.807, 2.05) is 0 Å². The zero-order valence-electron chi connectivity index (χ0n) is 38.7. The number of nitrogens with one attached hydrogen (secondary N) is 8. The molecule has 28 nitrogen and oxygen atoms in total. The van der Waals surface area contributed by atoms with Crippen LogP contribution >= 0.6 is 21.6 Å². The largest absolute Gasteiger partial charge is 0.481 e. The molecule has 0 aliphatic carbocycles. The lowest BCUT2D eigenvalue weighted by atomic mass is 10.1. The number of nitrogens with zero attached hydrogens (tertiary/aromatic N) is 2. The van der Waals surface area contributed by atoms with E-state index in [0.717, 1.165) is 26.5 Å². The number of aliphatic imine (C=N–C) groups is 1. The van der Waals surface area contributed by atoms with Gasteiger partial charge in [-0.2, -0.15) is 0 Å². The zero-order chi connectivity index (χ0) is 53.0. The molecule has 71 heavy (non-hydrogen) atoms. The highest BCUT2D eigenvalue weighted by Gasteiger charge is 2.38. The molecule has 0 aromatic carbocycles. The first-order valence-corrected chi connectivity index (χ1v) is 24.9. The number of carboxylic acid groups (broad SMARTS) is 3. The third kappa shape index (κ3) is 23.1. The van der Waals surface area contributed by atoms with Crippen LogP contribution in [0.5, 0.6) is 0 Å². The topological polar surface area (TPSA) is 455 Å². The maximum absolute atomic E-state index is 13.8. The van der Waals surface area contributed by atoms with Gasteiger partial charge >= 0.3 is 17.9 Å². The van der Waals surface area contributed by atoms with Crippen molar-refractivity contribution in [2.75, 3.05) is 44.2 Å². The lowest BCUT2D eigenvalue weighted by Crippen LogP contribution is -2.57. The summed E-state index contributed by atoms with van der Waals surface area (Å²) in [7, 11) is 1.70. The van der Waals surface area contributed by atoms with Crippen molar-refractivity contribution >= 4 is 98.6 Å². The van der Waals surface area contributed by atoms with E-state index in [4.69, 9.17) is 23.6 Å². The van der Waals surface area contributed by atoms with E-state index in [-0.39, 0.29) is 89.1 Å². The molecule has 2 aliphatic heterocycles. The van der Waals surface area contributed by atoms with Gasteiger partial charge in [0.05, 0.1) is 25.9 Å². The highest BCUT2D eigenvalue weighted by atomic mass is 33.1. The van der Waals surface area contributed by atoms with E-state index in [1.54, 1.807) is 0 Å². The van der Waals surface area contributed by atoms with Crippen molar-refractivity contribution in [1.82, 2.24) is 47.4 Å². The fourth-order valence-electron chi connectivity index (χ4n) is 6.86. The van der Waals surface area contributed by atoms with Crippen LogP contribution in [0.25, 0.3) is 0 Å². The van der Waals surface area contributed by atoms with Gasteiger partial charge in [-0.1, -0.05) is 21.6 Å². The summed E-state index contributed by atoms with van der Waals surface area (Å²) in [6, 6.07) is -10.8. The SMILES string of the molecule is C#CCCCC(=O)NC1CSSC[C@@H](C(=O)O)NC(=O)[C@H](CC(=O)O)NC(=O)[C@@H]2CCCN2C(=O)CNC(=O)C(CCCCN)NC(=O)[C@H](CC(=O)O)NC(=O)CNC(=O)[C@H](CCCN=C(N)N)NC1=O. The number of rotatable bonds is 17. The predicted molar refractivity (Wildman–Crippen MR) is 255 cm³/mol. The van der Waals surface area contributed by atoms with Crippen molar-refractivity contribution < 1.29 is 72.9 Å². The molecule has 7 atom stereocenters. The number of fused-ring (bicyclic) bond motifs is 1. The average molecular weight is 1040 g/mol. The molecule has 2 fully saturated rings. The fraction of sp³-hybridized carbons (Fsp3) is 0.634. The van der Waals surface area contributed by atoms with Gasteiger partial charge in [-0.05, 0) is 57.9 Å². The Bertz CT molecular complexity index is 2020. The van der Waals surface area contributed by atoms with Gasteiger partial charge in [-0.3, -0.25) is 57.7 Å². The van der Waals surface area contributed by atoms with Crippen molar-refractivity contribution in [3.8, 4) is 12.3 Å². The number of terminal acetylenes is 1. The van der Waals surface area contributed by atoms with Gasteiger partial charge in [0.15, 0.2) is 5.96 Å². The van der Waals surface area contributed by atoms with Crippen LogP contribution in [0.1, 0.15) is 77.0 Å². The Balaban J connectivity index is 2.58. The number of carbonyl (C=O) groups excluding carboxylic acids is 9. The molecule has 30 heteroatoms. The molecular weight excluding hydrogens is 979 g/mol. The summed E-state index contributed by atoms with van der Waals surface area (Å²) in [5.41, 5.74) is 16.4. The van der Waals surface area contributed by atoms with Gasteiger partial charge in [0.1, 0.15) is 42.3 Å². The number of nitrogens with two attached hydrogens (primary N) is 3. The molecule has 17 N–H and O–H groups in total. The zero-order valence-corrected chi connectivity index (χ0v) is 40.4. The van der Waals surface area contributed by atoms with Gasteiger partial charge in [-0.15, -0.1) is 12.3 Å². The first-order chi connectivity index (χ1) is 33.7. The molecule has 9 amide bonds. The highest BCUT2D eigenvalue weighted by Crippen LogP contribution is 2.24. The Hall–Kier alpha value is -6.87. The van der Waals surface area contributed by atoms with Crippen LogP contribution in [0.15, 0.2) is 4.99 Å². The molecule has 394 valence electrons. The second-order valence-corrected chi connectivity index (χ2v) is 18.6. The summed E-state index contributed by atoms with van der Waals surface area (Å²) in [5, 5.41) is 48.0. The van der Waals surface area contributed by atoms with Crippen molar-refractivity contribution in [2.45, 2.75) is 119 Å². The summed E-state index contributed by atoms with van der Waals surface area (Å²) in [6.07, 6.45) is 4.53. The monoisotopic (exact) mass is 1040 g/mol. The third-order valence-electron chi connectivity index (χ3n) is 10.5. The van der Waals surface area contributed by atoms with Crippen molar-refractivity contribution in [3.05, 3.63) is 0 Å². The maximum Gasteiger partial charge on any atom is 0.327 e. The van der Waals surface area contributed by atoms with E-state index in [2.05, 4.69) is 53.4 Å². The normalized spacial score (nSPS) is 23.9. The van der Waals surface area contributed by atoms with Crippen LogP contribution in [0, 0.1) is 12.3 Å². The summed E-state index contributed by atoms with van der Waals surface area (Å²) < 4.78 is 0. The number of hydrogen-bond donors (Lipinski definition) is 14. The average Bonchev–Trinajstić information content (AvgIpc) is 3.80. The van der Waals surface area contributed by atoms with Crippen LogP contribution in [-0.2, 0) is 57.5 Å². The fourth-order valence-corrected chi connectivity index (χ4v) is 9.17. The standard InChI is InChI=1S/C41H63N13O15S2/c1-2-3-4-12-29(55)49-26-20-70-71-21-27(40(68)69)53-37(65)25(17-33(60)61)52-39(67)28-11-8-15-54(28)31(57)19-47-35(63)22(9-5-6-13-42)50-36(64)24(16-32(58)59)48-30(56)18-46-34(62)23(51-38(26)66)10-7-14-45-41(43)44/h1,22-28H,3-21,42H2,(H,46,62)(H,47,63)(H,48,56)(H,49,55)(H,50,64)(H,51,66)(H,52,67)(H,53,65)(H,58,59)(H,60,61)(H,68,69)(H4,43,44,45)/t22?,23-,24-,25-,26?,27-,28-/m0/s1. The number of hydrogen-bond acceptors (Lipinski definition) is 16. The van der Waals surface area contributed by atoms with Gasteiger partial charge in [0.25, 0.3) is 0 Å². The summed E-state index contributed by atoms with van der Waals surface area (Å²) in [6.45, 7) is -1.39. The minimum Gasteiger partial charge on any atom is -0.481 e. The molecule has 0 saturated carbocycles. The van der Waals surface area contributed by atoms with E-state index >= 15 is 0 Å². The Morgan fingerprint density at radius 3 is 1.90 bits per heavy atom. The minimum atomic E-state index is -1.83. The Kier molecular flexibility index (Phi) is 27.2. The Morgan fingerprint density at radius 2 is 1.30 bits per heavy atom. The first kappa shape index (κ1) is 60.3. The van der Waals surface area contributed by atoms with E-state index in [9.17, 15) is 72.9 Å². The molecule has 2 heterocycles. The quantitative estimate of drug-likeness (QED) is 0.0212. The van der Waals surface area contributed by atoms with Gasteiger partial charge in [-0.25, -0.2) is 4.79 Å². The van der Waals surface area contributed by atoms with Crippen LogP contribution in [-0.4, -0.2) is 184 Å². The van der Waals surface area contributed by atoms with Crippen LogP contribution < -0.4 is 59.7 Å². The number of carbonyl (C=O) groups is 12. The van der Waals surface area contributed by atoms with Crippen LogP contribution in [0.4, 0.5) is 0 Å². The first-order valence-electron chi connectivity index (χ1n) is 22.4. The minimum absolute atomic E-state index is 0.00426. The molecule has 2 rings (SSSR count). The number of amides is 9. The smallest absolute Gasteiger partial charge is 0.327 e. The van der Waals surface area contributed by atoms with E-state index < -0.39 is 145 Å². The van der Waals surface area contributed by atoms with Gasteiger partial charge in [0.2, 0.25) is 53.2 Å². The number of unbranched alkanes of at least 4 members (excludes halogenated alkanes) is 2. The molecule has 0 spiro atoms. The highest BCUT2D eigenvalue weighted by molar-refractivity contribution is 8.76.